The van der Waals surface area contributed by atoms with E-state index in [2.05, 4.69) is 58.8 Å². The molecule has 294 valence electrons. The monoisotopic (exact) mass is 817 g/mol. The molecular formula is C47H39N5O5S2. The molecule has 0 aliphatic carbocycles. The molecule has 2 unspecified atom stereocenters. The number of oxime groups is 1. The Bertz CT molecular complexity index is 2380. The first-order valence-electron chi connectivity index (χ1n) is 18.9. The standard InChI is InChI=1S/C47H39N5O5S2/c1-3-56-51-38(37-30-59-46(48-37)50-47(34-23-13-6-14-24-34,35-25-15-7-16-26-35)36-27-17-8-18-28-36)42(53)49-39-43(54)52-40(31(2)29-58-44(39)52)45(55)57-41(32-19-9-4-10-20-32)33-21-11-5-12-22-33/h3-28,30,39,41,44H,1,29H2,2H3,(H,48,50)(H,49,53)/b51-38-. The van der Waals surface area contributed by atoms with E-state index < -0.39 is 40.8 Å². The Morgan fingerprint density at radius 3 is 1.85 bits per heavy atom. The number of carbonyl (C=O) groups is 3. The molecule has 5 aromatic carbocycles. The first-order valence-corrected chi connectivity index (χ1v) is 20.8. The zero-order valence-corrected chi connectivity index (χ0v) is 33.6. The minimum Gasteiger partial charge on any atom is -0.448 e. The van der Waals surface area contributed by atoms with Gasteiger partial charge in [-0.15, -0.1) is 23.1 Å². The van der Waals surface area contributed by atoms with Gasteiger partial charge in [0.25, 0.3) is 11.8 Å². The first-order chi connectivity index (χ1) is 28.9. The van der Waals surface area contributed by atoms with Crippen molar-refractivity contribution >= 4 is 51.7 Å². The second-order valence-electron chi connectivity index (χ2n) is 13.8. The molecule has 1 fully saturated rings. The molecule has 6 aromatic rings. The summed E-state index contributed by atoms with van der Waals surface area (Å²) in [5, 5.41) is 12.3. The minimum absolute atomic E-state index is 0.147. The molecule has 2 aliphatic heterocycles. The van der Waals surface area contributed by atoms with Crippen molar-refractivity contribution in [2.24, 2.45) is 5.16 Å². The average molecular weight is 818 g/mol. The summed E-state index contributed by atoms with van der Waals surface area (Å²) in [5.41, 5.74) is 4.65. The van der Waals surface area contributed by atoms with Gasteiger partial charge in [-0.2, -0.15) is 0 Å². The third-order valence-electron chi connectivity index (χ3n) is 10.2. The Morgan fingerprint density at radius 1 is 0.831 bits per heavy atom. The lowest BCUT2D eigenvalue weighted by Crippen LogP contribution is -2.71. The third kappa shape index (κ3) is 7.80. The molecule has 10 nitrogen and oxygen atoms in total. The molecule has 0 bridgehead atoms. The Balaban J connectivity index is 1.04. The first kappa shape index (κ1) is 39.1. The summed E-state index contributed by atoms with van der Waals surface area (Å²) in [7, 11) is 0. The summed E-state index contributed by atoms with van der Waals surface area (Å²) in [6, 6.07) is 48.3. The van der Waals surface area contributed by atoms with Crippen molar-refractivity contribution < 1.29 is 24.0 Å². The number of benzene rings is 5. The van der Waals surface area contributed by atoms with Gasteiger partial charge in [-0.1, -0.05) is 163 Å². The van der Waals surface area contributed by atoms with Crippen molar-refractivity contribution in [1.29, 1.82) is 0 Å². The Morgan fingerprint density at radius 2 is 1.34 bits per heavy atom. The highest BCUT2D eigenvalue weighted by molar-refractivity contribution is 8.00. The van der Waals surface area contributed by atoms with Crippen LogP contribution >= 0.6 is 23.1 Å². The van der Waals surface area contributed by atoms with Crippen LogP contribution in [0.25, 0.3) is 0 Å². The van der Waals surface area contributed by atoms with Gasteiger partial charge in [-0.25, -0.2) is 9.78 Å². The van der Waals surface area contributed by atoms with Crippen molar-refractivity contribution in [2.75, 3.05) is 11.1 Å². The lowest BCUT2D eigenvalue weighted by atomic mass is 9.77. The summed E-state index contributed by atoms with van der Waals surface area (Å²) in [6.07, 6.45) is 0.408. The maximum atomic E-state index is 14.1. The lowest BCUT2D eigenvalue weighted by molar-refractivity contribution is -0.154. The molecule has 0 radical (unpaired) electrons. The largest absolute Gasteiger partial charge is 0.448 e. The number of aromatic nitrogens is 1. The summed E-state index contributed by atoms with van der Waals surface area (Å²) in [4.78, 5) is 53.4. The molecule has 0 spiro atoms. The van der Waals surface area contributed by atoms with Gasteiger partial charge < -0.3 is 20.2 Å². The predicted octanol–water partition coefficient (Wildman–Crippen LogP) is 8.42. The Labute approximate surface area is 350 Å². The van der Waals surface area contributed by atoms with Crippen LogP contribution in [0.15, 0.2) is 186 Å². The fourth-order valence-electron chi connectivity index (χ4n) is 7.39. The summed E-state index contributed by atoms with van der Waals surface area (Å²) >= 11 is 2.75. The highest BCUT2D eigenvalue weighted by atomic mass is 32.2. The fraction of sp³-hybridized carbons (Fsp3) is 0.128. The minimum atomic E-state index is -0.950. The number of hydrogen-bond donors (Lipinski definition) is 2. The average Bonchev–Trinajstić information content (AvgIpc) is 3.75. The topological polar surface area (TPSA) is 122 Å². The van der Waals surface area contributed by atoms with Crippen LogP contribution in [-0.4, -0.2) is 50.5 Å². The number of carbonyl (C=O) groups excluding carboxylic acids is 3. The highest BCUT2D eigenvalue weighted by Gasteiger charge is 2.54. The van der Waals surface area contributed by atoms with E-state index in [-0.39, 0.29) is 17.1 Å². The van der Waals surface area contributed by atoms with Gasteiger partial charge in [0.1, 0.15) is 34.6 Å². The van der Waals surface area contributed by atoms with Crippen LogP contribution in [0.3, 0.4) is 0 Å². The van der Waals surface area contributed by atoms with Crippen LogP contribution in [-0.2, 0) is 29.5 Å². The molecule has 1 aromatic heterocycles. The van der Waals surface area contributed by atoms with E-state index in [0.29, 0.717) is 16.5 Å². The zero-order valence-electron chi connectivity index (χ0n) is 31.9. The molecule has 2 aliphatic rings. The molecule has 0 saturated carbocycles. The quantitative estimate of drug-likeness (QED) is 0.0281. The number of thiazole rings is 1. The molecular weight excluding hydrogens is 779 g/mol. The van der Waals surface area contributed by atoms with E-state index in [1.165, 1.54) is 28.0 Å². The number of nitrogens with zero attached hydrogens (tertiary/aromatic N) is 3. The predicted molar refractivity (Wildman–Crippen MR) is 231 cm³/mol. The second kappa shape index (κ2) is 17.4. The summed E-state index contributed by atoms with van der Waals surface area (Å²) in [6.45, 7) is 5.39. The van der Waals surface area contributed by atoms with Gasteiger partial charge in [-0.3, -0.25) is 14.5 Å². The van der Waals surface area contributed by atoms with Crippen molar-refractivity contribution in [3.63, 3.8) is 0 Å². The summed E-state index contributed by atoms with van der Waals surface area (Å²) < 4.78 is 6.17. The normalized spacial score (nSPS) is 16.5. The number of esters is 1. The Kier molecular flexibility index (Phi) is 11.5. The smallest absolute Gasteiger partial charge is 0.356 e. The van der Waals surface area contributed by atoms with Crippen molar-refractivity contribution in [3.05, 3.63) is 215 Å². The van der Waals surface area contributed by atoms with E-state index >= 15 is 0 Å². The number of anilines is 1. The van der Waals surface area contributed by atoms with Crippen LogP contribution in [0.5, 0.6) is 0 Å². The second-order valence-corrected chi connectivity index (χ2v) is 15.8. The van der Waals surface area contributed by atoms with Gasteiger partial charge in [0.2, 0.25) is 0 Å². The van der Waals surface area contributed by atoms with Crippen LogP contribution in [0.4, 0.5) is 5.13 Å². The molecule has 8 rings (SSSR count). The van der Waals surface area contributed by atoms with E-state index in [4.69, 9.17) is 14.6 Å². The van der Waals surface area contributed by atoms with Crippen molar-refractivity contribution in [1.82, 2.24) is 15.2 Å². The molecule has 59 heavy (non-hydrogen) atoms. The number of β-lactam (4-membered cyclic amide) rings is 1. The molecule has 3 heterocycles. The molecule has 1 saturated heterocycles. The Hall–Kier alpha value is -6.76. The number of amides is 2. The number of hydrogen-bond acceptors (Lipinski definition) is 10. The number of ether oxygens (including phenoxy) is 1. The molecule has 2 N–H and O–H groups in total. The van der Waals surface area contributed by atoms with Crippen LogP contribution < -0.4 is 10.6 Å². The number of fused-ring (bicyclic) bond motifs is 1. The SMILES string of the molecule is C=CO/N=C(\C(=O)NC1C(=O)N2C(C(=O)OC(c3ccccc3)c3ccccc3)=C(C)CSC12)c1csc(NC(c2ccccc2)(c2ccccc2)c2ccccc2)n1. The van der Waals surface area contributed by atoms with E-state index in [1.54, 1.807) is 5.38 Å². The van der Waals surface area contributed by atoms with Gasteiger partial charge in [-0.05, 0) is 40.3 Å². The molecule has 2 amide bonds. The highest BCUT2D eigenvalue weighted by Crippen LogP contribution is 2.43. The van der Waals surface area contributed by atoms with Crippen LogP contribution in [0.1, 0.15) is 46.5 Å². The van der Waals surface area contributed by atoms with Crippen LogP contribution in [0.2, 0.25) is 0 Å². The fourth-order valence-corrected chi connectivity index (χ4v) is 9.44. The molecule has 12 heteroatoms. The third-order valence-corrected chi connectivity index (χ3v) is 12.3. The number of rotatable bonds is 14. The van der Waals surface area contributed by atoms with Crippen molar-refractivity contribution in [3.8, 4) is 0 Å². The summed E-state index contributed by atoms with van der Waals surface area (Å²) in [5.74, 6) is -1.28. The van der Waals surface area contributed by atoms with Gasteiger partial charge in [0, 0.05) is 11.1 Å². The number of nitrogens with one attached hydrogen (secondary N) is 2. The lowest BCUT2D eigenvalue weighted by Gasteiger charge is -2.49. The van der Waals surface area contributed by atoms with Gasteiger partial charge >= 0.3 is 5.97 Å². The van der Waals surface area contributed by atoms with E-state index in [9.17, 15) is 14.4 Å². The van der Waals surface area contributed by atoms with Gasteiger partial charge in [0.15, 0.2) is 16.9 Å². The van der Waals surface area contributed by atoms with Gasteiger partial charge in [0.05, 0.1) is 0 Å². The van der Waals surface area contributed by atoms with E-state index in [1.807, 2.05) is 122 Å². The maximum Gasteiger partial charge on any atom is 0.356 e. The zero-order chi connectivity index (χ0) is 40.8. The molecule has 2 atom stereocenters. The van der Waals surface area contributed by atoms with Crippen molar-refractivity contribution in [2.45, 2.75) is 30.0 Å². The maximum absolute atomic E-state index is 14.1. The van der Waals surface area contributed by atoms with E-state index in [0.717, 1.165) is 34.1 Å². The van der Waals surface area contributed by atoms with Crippen LogP contribution in [0, 0.1) is 0 Å². The number of thioether (sulfide) groups is 1.